The van der Waals surface area contributed by atoms with Crippen LogP contribution in [0.1, 0.15) is 45.2 Å². The number of anilines is 1. The molecular formula is C20H26ClN3O2S. The molecule has 1 amide bonds. The highest BCUT2D eigenvalue weighted by Gasteiger charge is 2.30. The molecule has 146 valence electrons. The topological polar surface area (TPSA) is 54.5 Å². The van der Waals surface area contributed by atoms with E-state index < -0.39 is 5.60 Å². The van der Waals surface area contributed by atoms with Gasteiger partial charge in [0.2, 0.25) is 0 Å². The maximum atomic E-state index is 12.6. The van der Waals surface area contributed by atoms with Crippen LogP contribution in [0.5, 0.6) is 5.75 Å². The normalized spacial score (nSPS) is 16.0. The van der Waals surface area contributed by atoms with Gasteiger partial charge in [0, 0.05) is 16.9 Å². The Morgan fingerprint density at radius 1 is 1.22 bits per heavy atom. The molecule has 0 spiro atoms. The molecule has 5 nitrogen and oxygen atoms in total. The van der Waals surface area contributed by atoms with Crippen molar-refractivity contribution in [3.05, 3.63) is 40.4 Å². The number of hydrogen-bond donors (Lipinski definition) is 1. The van der Waals surface area contributed by atoms with Gasteiger partial charge in [-0.05, 0) is 64.0 Å². The smallest absolute Gasteiger partial charge is 0.269 e. The Morgan fingerprint density at radius 3 is 2.56 bits per heavy atom. The predicted molar refractivity (Wildman–Crippen MR) is 111 cm³/mol. The number of carbonyl (C=O) groups is 1. The third-order valence-corrected chi connectivity index (χ3v) is 5.65. The number of thiazole rings is 1. The van der Waals surface area contributed by atoms with E-state index in [1.54, 1.807) is 38.1 Å². The number of benzene rings is 1. The van der Waals surface area contributed by atoms with E-state index in [-0.39, 0.29) is 5.91 Å². The van der Waals surface area contributed by atoms with Crippen LogP contribution in [-0.4, -0.2) is 34.5 Å². The Hall–Kier alpha value is -1.63. The molecule has 1 aromatic heterocycles. The quantitative estimate of drug-likeness (QED) is 0.734. The summed E-state index contributed by atoms with van der Waals surface area (Å²) in [6.07, 6.45) is 5.14. The highest BCUT2D eigenvalue weighted by atomic mass is 35.5. The van der Waals surface area contributed by atoms with Crippen LogP contribution < -0.4 is 10.1 Å². The van der Waals surface area contributed by atoms with E-state index in [2.05, 4.69) is 15.2 Å². The van der Waals surface area contributed by atoms with E-state index in [0.29, 0.717) is 15.9 Å². The van der Waals surface area contributed by atoms with Crippen LogP contribution in [0.25, 0.3) is 0 Å². The van der Waals surface area contributed by atoms with E-state index in [9.17, 15) is 4.79 Å². The van der Waals surface area contributed by atoms with Gasteiger partial charge in [-0.3, -0.25) is 15.0 Å². The van der Waals surface area contributed by atoms with Crippen molar-refractivity contribution in [3.8, 4) is 5.75 Å². The van der Waals surface area contributed by atoms with Crippen molar-refractivity contribution in [2.24, 2.45) is 0 Å². The molecule has 1 fully saturated rings. The average Bonchev–Trinajstić information content (AvgIpc) is 2.89. The third-order valence-electron chi connectivity index (χ3n) is 4.59. The maximum absolute atomic E-state index is 12.6. The number of nitrogens with one attached hydrogen (secondary N) is 1. The van der Waals surface area contributed by atoms with E-state index in [0.717, 1.165) is 25.3 Å². The van der Waals surface area contributed by atoms with Crippen molar-refractivity contribution in [2.75, 3.05) is 18.4 Å². The lowest BCUT2D eigenvalue weighted by molar-refractivity contribution is -0.128. The fraction of sp³-hybridized carbons (Fsp3) is 0.500. The van der Waals surface area contributed by atoms with Gasteiger partial charge in [0.05, 0.1) is 5.69 Å². The van der Waals surface area contributed by atoms with E-state index >= 15 is 0 Å². The van der Waals surface area contributed by atoms with Crippen molar-refractivity contribution < 1.29 is 9.53 Å². The van der Waals surface area contributed by atoms with Gasteiger partial charge in [-0.2, -0.15) is 0 Å². The van der Waals surface area contributed by atoms with Gasteiger partial charge >= 0.3 is 0 Å². The fourth-order valence-corrected chi connectivity index (χ4v) is 3.87. The molecule has 1 aromatic carbocycles. The first-order valence-electron chi connectivity index (χ1n) is 9.35. The number of amides is 1. The molecule has 3 rings (SSSR count). The summed E-state index contributed by atoms with van der Waals surface area (Å²) in [6.45, 7) is 6.57. The molecular weight excluding hydrogens is 382 g/mol. The summed E-state index contributed by atoms with van der Waals surface area (Å²) >= 11 is 7.34. The predicted octanol–water partition coefficient (Wildman–Crippen LogP) is 4.97. The molecule has 2 heterocycles. The summed E-state index contributed by atoms with van der Waals surface area (Å²) < 4.78 is 5.83. The van der Waals surface area contributed by atoms with Gasteiger partial charge in [0.25, 0.3) is 5.91 Å². The second kappa shape index (κ2) is 9.04. The lowest BCUT2D eigenvalue weighted by atomic mass is 10.1. The summed E-state index contributed by atoms with van der Waals surface area (Å²) in [5, 5.41) is 6.14. The first-order valence-corrected chi connectivity index (χ1v) is 10.6. The first-order chi connectivity index (χ1) is 12.9. The second-order valence-corrected chi connectivity index (χ2v) is 8.65. The molecule has 0 unspecified atom stereocenters. The van der Waals surface area contributed by atoms with Crippen molar-refractivity contribution in [3.63, 3.8) is 0 Å². The molecule has 0 bridgehead atoms. The largest absolute Gasteiger partial charge is 0.478 e. The maximum Gasteiger partial charge on any atom is 0.269 e. The molecule has 1 N–H and O–H groups in total. The summed E-state index contributed by atoms with van der Waals surface area (Å²) in [7, 11) is 0. The SMILES string of the molecule is CC(C)(Oc1ccc(Cl)cc1)C(=O)Nc1nc(CN2CCCCCC2)cs1. The summed E-state index contributed by atoms with van der Waals surface area (Å²) in [6, 6.07) is 6.97. The molecule has 1 saturated heterocycles. The fourth-order valence-electron chi connectivity index (χ4n) is 3.05. The molecule has 0 atom stereocenters. The Balaban J connectivity index is 1.56. The number of likely N-dealkylation sites (tertiary alicyclic amines) is 1. The van der Waals surface area contributed by atoms with Gasteiger partial charge < -0.3 is 4.74 Å². The number of ether oxygens (including phenoxy) is 1. The lowest BCUT2D eigenvalue weighted by Crippen LogP contribution is -2.42. The van der Waals surface area contributed by atoms with Crippen molar-refractivity contribution in [1.82, 2.24) is 9.88 Å². The lowest BCUT2D eigenvalue weighted by Gasteiger charge is -2.24. The zero-order valence-corrected chi connectivity index (χ0v) is 17.4. The molecule has 1 aliphatic rings. The standard InChI is InChI=1S/C20H26ClN3O2S/c1-20(2,26-17-9-7-15(21)8-10-17)18(25)23-19-22-16(14-27-19)13-24-11-5-3-4-6-12-24/h7-10,14H,3-6,11-13H2,1-2H3,(H,22,23,25). The van der Waals surface area contributed by atoms with E-state index in [4.69, 9.17) is 16.3 Å². The number of halogens is 1. The van der Waals surface area contributed by atoms with Gasteiger partial charge in [-0.1, -0.05) is 24.4 Å². The highest BCUT2D eigenvalue weighted by Crippen LogP contribution is 2.24. The zero-order valence-electron chi connectivity index (χ0n) is 15.8. The monoisotopic (exact) mass is 407 g/mol. The highest BCUT2D eigenvalue weighted by molar-refractivity contribution is 7.13. The van der Waals surface area contributed by atoms with Crippen molar-refractivity contribution in [2.45, 2.75) is 51.7 Å². The van der Waals surface area contributed by atoms with Crippen molar-refractivity contribution >= 4 is 34.0 Å². The van der Waals surface area contributed by atoms with Crippen LogP contribution >= 0.6 is 22.9 Å². The Labute approximate surface area is 169 Å². The Bertz CT molecular complexity index is 753. The minimum atomic E-state index is -1.02. The van der Waals surface area contributed by atoms with Gasteiger partial charge in [0.15, 0.2) is 10.7 Å². The minimum Gasteiger partial charge on any atom is -0.478 e. The van der Waals surface area contributed by atoms with Crippen LogP contribution in [-0.2, 0) is 11.3 Å². The third kappa shape index (κ3) is 5.92. The van der Waals surface area contributed by atoms with Crippen LogP contribution in [0, 0.1) is 0 Å². The Kier molecular flexibility index (Phi) is 6.73. The molecule has 1 aliphatic heterocycles. The van der Waals surface area contributed by atoms with Crippen LogP contribution in [0.4, 0.5) is 5.13 Å². The van der Waals surface area contributed by atoms with E-state index in [1.807, 2.05) is 5.38 Å². The molecule has 27 heavy (non-hydrogen) atoms. The number of aromatic nitrogens is 1. The van der Waals surface area contributed by atoms with E-state index in [1.165, 1.54) is 37.0 Å². The van der Waals surface area contributed by atoms with Gasteiger partial charge in [-0.25, -0.2) is 4.98 Å². The van der Waals surface area contributed by atoms with Crippen LogP contribution in [0.2, 0.25) is 5.02 Å². The number of nitrogens with zero attached hydrogens (tertiary/aromatic N) is 2. The first kappa shape index (κ1) is 20.1. The summed E-state index contributed by atoms with van der Waals surface area (Å²) in [4.78, 5) is 19.7. The Morgan fingerprint density at radius 2 is 1.89 bits per heavy atom. The average molecular weight is 408 g/mol. The number of rotatable bonds is 6. The summed E-state index contributed by atoms with van der Waals surface area (Å²) in [5.74, 6) is 0.369. The molecule has 2 aromatic rings. The molecule has 7 heteroatoms. The second-order valence-electron chi connectivity index (χ2n) is 7.35. The van der Waals surface area contributed by atoms with Crippen LogP contribution in [0.3, 0.4) is 0 Å². The molecule has 0 aliphatic carbocycles. The number of carbonyl (C=O) groups excluding carboxylic acids is 1. The number of hydrogen-bond acceptors (Lipinski definition) is 5. The summed E-state index contributed by atoms with van der Waals surface area (Å²) in [5.41, 5.74) is -0.0154. The van der Waals surface area contributed by atoms with Gasteiger partial charge in [-0.15, -0.1) is 11.3 Å². The molecule has 0 saturated carbocycles. The molecule has 0 radical (unpaired) electrons. The van der Waals surface area contributed by atoms with Crippen LogP contribution in [0.15, 0.2) is 29.6 Å². The van der Waals surface area contributed by atoms with Crippen molar-refractivity contribution in [1.29, 1.82) is 0 Å². The zero-order chi connectivity index (χ0) is 19.3. The van der Waals surface area contributed by atoms with Gasteiger partial charge in [0.1, 0.15) is 5.75 Å². The minimum absolute atomic E-state index is 0.229.